The molecule has 22 heavy (non-hydrogen) atoms. The van der Waals surface area contributed by atoms with Gasteiger partial charge in [-0.25, -0.2) is 0 Å². The molecule has 1 amide bonds. The van der Waals surface area contributed by atoms with E-state index < -0.39 is 23.0 Å². The number of rotatable bonds is 7. The van der Waals surface area contributed by atoms with Crippen molar-refractivity contribution in [3.05, 3.63) is 52.6 Å². The number of nitro groups is 1. The van der Waals surface area contributed by atoms with Crippen LogP contribution in [0, 0.1) is 10.1 Å². The maximum Gasteiger partial charge on any atom is 0.303 e. The second-order valence-electron chi connectivity index (χ2n) is 4.61. The molecule has 0 saturated heterocycles. The van der Waals surface area contributed by atoms with Crippen LogP contribution in [-0.4, -0.2) is 22.8 Å². The Labute approximate surface area is 128 Å². The molecule has 0 aliphatic rings. The van der Waals surface area contributed by atoms with Crippen molar-refractivity contribution in [3.8, 4) is 0 Å². The lowest BCUT2D eigenvalue weighted by molar-refractivity contribution is -0.384. The van der Waals surface area contributed by atoms with Crippen molar-refractivity contribution in [2.75, 3.05) is 0 Å². The van der Waals surface area contributed by atoms with E-state index in [0.717, 1.165) is 6.08 Å². The van der Waals surface area contributed by atoms with Crippen molar-refractivity contribution < 1.29 is 19.2 Å². The molecule has 1 N–H and O–H groups in total. The van der Waals surface area contributed by atoms with Gasteiger partial charge in [0.25, 0.3) is 5.69 Å². The molecule has 118 valence electrons. The fraction of sp³-hybridized carbons (Fsp3) is 0.333. The summed E-state index contributed by atoms with van der Waals surface area (Å²) in [6.45, 7) is 6.47. The summed E-state index contributed by atoms with van der Waals surface area (Å²) in [5, 5.41) is 13.4. The standard InChI is InChI=1S/C15H18N2O5/c1-4-13(16-14(19)5-2)15(22-10(3)18)11-6-8-12(9-7-11)17(20)21/h5-9,13,15H,2,4H2,1,3H3,(H,16,19)/t13-,15-/m1/s1. The number of non-ortho nitro benzene ring substituents is 1. The van der Waals surface area contributed by atoms with Crippen molar-refractivity contribution in [1.29, 1.82) is 0 Å². The highest BCUT2D eigenvalue weighted by Gasteiger charge is 2.26. The monoisotopic (exact) mass is 306 g/mol. The Morgan fingerprint density at radius 3 is 2.41 bits per heavy atom. The molecule has 0 aromatic heterocycles. The number of hydrogen-bond acceptors (Lipinski definition) is 5. The highest BCUT2D eigenvalue weighted by Crippen LogP contribution is 2.25. The van der Waals surface area contributed by atoms with E-state index in [-0.39, 0.29) is 11.6 Å². The van der Waals surface area contributed by atoms with E-state index in [2.05, 4.69) is 11.9 Å². The second kappa shape index (κ2) is 7.92. The Morgan fingerprint density at radius 2 is 2.00 bits per heavy atom. The Morgan fingerprint density at radius 1 is 1.41 bits per heavy atom. The number of carbonyl (C=O) groups excluding carboxylic acids is 2. The van der Waals surface area contributed by atoms with Crippen LogP contribution >= 0.6 is 0 Å². The van der Waals surface area contributed by atoms with Crippen LogP contribution in [-0.2, 0) is 14.3 Å². The molecule has 1 aromatic rings. The number of esters is 1. The minimum absolute atomic E-state index is 0.0616. The van der Waals surface area contributed by atoms with Crippen molar-refractivity contribution in [1.82, 2.24) is 5.32 Å². The number of nitrogens with zero attached hydrogens (tertiary/aromatic N) is 1. The van der Waals surface area contributed by atoms with Crippen LogP contribution in [0.4, 0.5) is 5.69 Å². The minimum atomic E-state index is -0.729. The van der Waals surface area contributed by atoms with Gasteiger partial charge in [-0.15, -0.1) is 0 Å². The molecular weight excluding hydrogens is 288 g/mol. The Balaban J connectivity index is 3.09. The van der Waals surface area contributed by atoms with Crippen LogP contribution in [0.1, 0.15) is 31.9 Å². The summed E-state index contributed by atoms with van der Waals surface area (Å²) in [4.78, 5) is 33.0. The molecule has 0 spiro atoms. The van der Waals surface area contributed by atoms with Crippen LogP contribution in [0.5, 0.6) is 0 Å². The number of nitrogens with one attached hydrogen (secondary N) is 1. The zero-order valence-electron chi connectivity index (χ0n) is 12.4. The molecule has 0 fully saturated rings. The minimum Gasteiger partial charge on any atom is -0.455 e. The van der Waals surface area contributed by atoms with Gasteiger partial charge in [0.2, 0.25) is 5.91 Å². The summed E-state index contributed by atoms with van der Waals surface area (Å²) in [6.07, 6.45) is 0.907. The average Bonchev–Trinajstić information content (AvgIpc) is 2.50. The molecule has 1 aromatic carbocycles. The highest BCUT2D eigenvalue weighted by molar-refractivity contribution is 5.87. The van der Waals surface area contributed by atoms with Crippen LogP contribution in [0.15, 0.2) is 36.9 Å². The topological polar surface area (TPSA) is 98.5 Å². The summed E-state index contributed by atoms with van der Waals surface area (Å²) in [6, 6.07) is 5.21. The quantitative estimate of drug-likeness (QED) is 0.360. The average molecular weight is 306 g/mol. The van der Waals surface area contributed by atoms with E-state index in [0.29, 0.717) is 12.0 Å². The molecule has 0 aliphatic heterocycles. The first-order valence-corrected chi connectivity index (χ1v) is 6.73. The smallest absolute Gasteiger partial charge is 0.303 e. The van der Waals surface area contributed by atoms with Crippen molar-refractivity contribution in [2.45, 2.75) is 32.4 Å². The summed E-state index contributed by atoms with van der Waals surface area (Å²) in [7, 11) is 0. The van der Waals surface area contributed by atoms with E-state index in [1.165, 1.54) is 31.2 Å². The number of amides is 1. The first kappa shape index (κ1) is 17.4. The van der Waals surface area contributed by atoms with Crippen LogP contribution in [0.2, 0.25) is 0 Å². The van der Waals surface area contributed by atoms with E-state index in [9.17, 15) is 19.7 Å². The molecule has 0 radical (unpaired) electrons. The molecule has 1 rings (SSSR count). The Bertz CT molecular complexity index is 568. The van der Waals surface area contributed by atoms with Gasteiger partial charge < -0.3 is 10.1 Å². The number of benzene rings is 1. The molecule has 2 atom stereocenters. The zero-order valence-corrected chi connectivity index (χ0v) is 12.4. The van der Waals surface area contributed by atoms with Gasteiger partial charge >= 0.3 is 5.97 Å². The molecule has 7 heteroatoms. The van der Waals surface area contributed by atoms with Gasteiger partial charge in [0.15, 0.2) is 0 Å². The fourth-order valence-electron chi connectivity index (χ4n) is 1.98. The normalized spacial score (nSPS) is 12.8. The van der Waals surface area contributed by atoms with Gasteiger partial charge in [-0.05, 0) is 30.2 Å². The van der Waals surface area contributed by atoms with Gasteiger partial charge in [-0.2, -0.15) is 0 Å². The lowest BCUT2D eigenvalue weighted by Crippen LogP contribution is -2.39. The number of nitro benzene ring substituents is 1. The molecule has 0 heterocycles. The van der Waals surface area contributed by atoms with Gasteiger partial charge in [-0.1, -0.05) is 13.5 Å². The molecule has 7 nitrogen and oxygen atoms in total. The maximum absolute atomic E-state index is 11.5. The number of carbonyl (C=O) groups is 2. The summed E-state index contributed by atoms with van der Waals surface area (Å²) in [5.74, 6) is -0.888. The lowest BCUT2D eigenvalue weighted by atomic mass is 9.99. The fourth-order valence-corrected chi connectivity index (χ4v) is 1.98. The summed E-state index contributed by atoms with van der Waals surface area (Å²) >= 11 is 0. The van der Waals surface area contributed by atoms with Gasteiger partial charge in [-0.3, -0.25) is 19.7 Å². The summed E-state index contributed by atoms with van der Waals surface area (Å²) < 4.78 is 5.28. The SMILES string of the molecule is C=CC(=O)N[C@H](CC)[C@H](OC(C)=O)c1ccc([N+](=O)[O-])cc1. The van der Waals surface area contributed by atoms with Crippen LogP contribution < -0.4 is 5.32 Å². The van der Waals surface area contributed by atoms with Gasteiger partial charge in [0, 0.05) is 19.1 Å². The summed E-state index contributed by atoms with van der Waals surface area (Å²) in [5.41, 5.74) is 0.505. The molecule has 0 aliphatic carbocycles. The largest absolute Gasteiger partial charge is 0.455 e. The predicted molar refractivity (Wildman–Crippen MR) is 80.0 cm³/mol. The molecule has 0 bridgehead atoms. The third-order valence-electron chi connectivity index (χ3n) is 3.04. The predicted octanol–water partition coefficient (Wildman–Crippen LogP) is 2.28. The molecule has 0 saturated carbocycles. The maximum atomic E-state index is 11.5. The van der Waals surface area contributed by atoms with E-state index >= 15 is 0 Å². The number of ether oxygens (including phenoxy) is 1. The third kappa shape index (κ3) is 4.69. The van der Waals surface area contributed by atoms with Crippen LogP contribution in [0.3, 0.4) is 0 Å². The lowest BCUT2D eigenvalue weighted by Gasteiger charge is -2.26. The van der Waals surface area contributed by atoms with E-state index in [4.69, 9.17) is 4.74 Å². The van der Waals surface area contributed by atoms with Gasteiger partial charge in [0.1, 0.15) is 6.10 Å². The van der Waals surface area contributed by atoms with Crippen LogP contribution in [0.25, 0.3) is 0 Å². The Hall–Kier alpha value is -2.70. The Kier molecular flexibility index (Phi) is 6.25. The molecular formula is C15H18N2O5. The first-order chi connectivity index (χ1) is 10.4. The zero-order chi connectivity index (χ0) is 16.7. The van der Waals surface area contributed by atoms with Crippen molar-refractivity contribution >= 4 is 17.6 Å². The van der Waals surface area contributed by atoms with E-state index in [1.807, 2.05) is 6.92 Å². The van der Waals surface area contributed by atoms with Crippen molar-refractivity contribution in [3.63, 3.8) is 0 Å². The van der Waals surface area contributed by atoms with E-state index in [1.54, 1.807) is 0 Å². The third-order valence-corrected chi connectivity index (χ3v) is 3.04. The first-order valence-electron chi connectivity index (χ1n) is 6.73. The molecule has 0 unspecified atom stereocenters. The van der Waals surface area contributed by atoms with Crippen molar-refractivity contribution in [2.24, 2.45) is 0 Å². The highest BCUT2D eigenvalue weighted by atomic mass is 16.6. The van der Waals surface area contributed by atoms with Gasteiger partial charge in [0.05, 0.1) is 11.0 Å². The second-order valence-corrected chi connectivity index (χ2v) is 4.61. The number of hydrogen-bond donors (Lipinski definition) is 1.